The second-order valence-corrected chi connectivity index (χ2v) is 21.0. The van der Waals surface area contributed by atoms with Crippen LogP contribution in [0.1, 0.15) is 93.6 Å². The van der Waals surface area contributed by atoms with Gasteiger partial charge in [-0.3, -0.25) is 19.4 Å². The molecule has 2 N–H and O–H groups in total. The van der Waals surface area contributed by atoms with Gasteiger partial charge in [-0.1, -0.05) is 31.0 Å². The molecule has 11 nitrogen and oxygen atoms in total. The number of carbonyl (C=O) groups excluding carboxylic acids is 2. The number of hydrogen-bond acceptors (Lipinski definition) is 10. The number of amides is 1. The smallest absolute Gasteiger partial charge is 0.264 e. The summed E-state index contributed by atoms with van der Waals surface area (Å²) >= 11 is 6.51. The summed E-state index contributed by atoms with van der Waals surface area (Å²) in [6.45, 7) is 14.2. The summed E-state index contributed by atoms with van der Waals surface area (Å²) in [6, 6.07) is 11.9. The highest BCUT2D eigenvalue weighted by atomic mass is 35.5. The van der Waals surface area contributed by atoms with E-state index < -0.39 is 26.8 Å². The standard InChI is InChI=1S/C44H62ClN5O6S/c1-30-6-4-16-44(53,28-48-19-21-49-20-18-47(17-14-31(2)51)25-37(49)26-48)39-11-8-35(39)24-50-27-43(15-5-7-33-22-36(45)10-12-38(33)43)29-56-41-13-9-34(23-40(41)50)42(52)46-57(54,55)32(30)3/h9-10,12-13,22-23,30,32,35,37,39,53H,4-8,11,14-21,24-29H2,1-3H3,(H,46,52)/t30-,32+,35-,37?,39+,43-,44+/m0/s1. The van der Waals surface area contributed by atoms with E-state index in [-0.39, 0.29) is 34.5 Å². The molecule has 4 heterocycles. The summed E-state index contributed by atoms with van der Waals surface area (Å²) in [5.74, 6) is 0.376. The largest absolute Gasteiger partial charge is 0.490 e. The van der Waals surface area contributed by atoms with Crippen LogP contribution in [0.3, 0.4) is 0 Å². The first-order valence-corrected chi connectivity index (χ1v) is 23.4. The topological polar surface area (TPSA) is 123 Å². The van der Waals surface area contributed by atoms with Crippen LogP contribution in [0.5, 0.6) is 5.75 Å². The number of anilines is 1. The number of aryl methyl sites for hydroxylation is 1. The maximum atomic E-state index is 13.7. The first-order chi connectivity index (χ1) is 27.2. The molecule has 2 aromatic carbocycles. The predicted octanol–water partition coefficient (Wildman–Crippen LogP) is 5.12. The third-order valence-electron chi connectivity index (χ3n) is 14.8. The van der Waals surface area contributed by atoms with Crippen molar-refractivity contribution in [1.29, 1.82) is 0 Å². The first-order valence-electron chi connectivity index (χ1n) is 21.5. The van der Waals surface area contributed by atoms with E-state index in [0.717, 1.165) is 88.6 Å². The van der Waals surface area contributed by atoms with E-state index in [2.05, 4.69) is 36.5 Å². The van der Waals surface area contributed by atoms with Crippen molar-refractivity contribution in [3.8, 4) is 5.75 Å². The summed E-state index contributed by atoms with van der Waals surface area (Å²) in [5.41, 5.74) is 2.34. The molecule has 2 aliphatic carbocycles. The normalized spacial score (nSPS) is 33.8. The van der Waals surface area contributed by atoms with Crippen molar-refractivity contribution in [3.63, 3.8) is 0 Å². The molecular weight excluding hydrogens is 762 g/mol. The van der Waals surface area contributed by atoms with Crippen molar-refractivity contribution < 1.29 is 27.9 Å². The van der Waals surface area contributed by atoms with Crippen molar-refractivity contribution in [2.24, 2.45) is 17.8 Å². The fourth-order valence-electron chi connectivity index (χ4n) is 11.1. The van der Waals surface area contributed by atoms with E-state index in [1.807, 2.05) is 25.1 Å². The number of halogens is 1. The molecule has 2 bridgehead atoms. The Morgan fingerprint density at radius 1 is 0.982 bits per heavy atom. The minimum absolute atomic E-state index is 0.0748. The number of aliphatic hydroxyl groups is 1. The second kappa shape index (κ2) is 16.4. The van der Waals surface area contributed by atoms with E-state index in [9.17, 15) is 23.1 Å². The molecule has 1 amide bonds. The number of fused-ring (bicyclic) bond motifs is 5. The van der Waals surface area contributed by atoms with Crippen LogP contribution in [0.15, 0.2) is 36.4 Å². The Kier molecular flexibility index (Phi) is 11.8. The minimum atomic E-state index is -3.97. The Labute approximate surface area is 344 Å². The molecule has 57 heavy (non-hydrogen) atoms. The molecule has 1 unspecified atom stereocenters. The van der Waals surface area contributed by atoms with Gasteiger partial charge >= 0.3 is 0 Å². The molecule has 2 aromatic rings. The summed E-state index contributed by atoms with van der Waals surface area (Å²) in [5, 5.41) is 13.0. The fourth-order valence-corrected chi connectivity index (χ4v) is 12.6. The summed E-state index contributed by atoms with van der Waals surface area (Å²) < 4.78 is 36.4. The molecule has 1 spiro atoms. The fraction of sp³-hybridized carbons (Fsp3) is 0.682. The molecule has 7 atom stereocenters. The quantitative estimate of drug-likeness (QED) is 0.421. The Bertz CT molecular complexity index is 1950. The number of hydrogen-bond donors (Lipinski definition) is 2. The lowest BCUT2D eigenvalue weighted by Gasteiger charge is -2.53. The van der Waals surface area contributed by atoms with Gasteiger partial charge in [-0.15, -0.1) is 0 Å². The molecular formula is C44H62ClN5O6S. The molecule has 4 aliphatic heterocycles. The van der Waals surface area contributed by atoms with Crippen LogP contribution >= 0.6 is 11.6 Å². The maximum absolute atomic E-state index is 13.7. The number of benzene rings is 2. The molecule has 3 fully saturated rings. The van der Waals surface area contributed by atoms with Crippen molar-refractivity contribution >= 4 is 39.0 Å². The van der Waals surface area contributed by atoms with E-state index in [4.69, 9.17) is 16.3 Å². The Balaban J connectivity index is 1.11. The van der Waals surface area contributed by atoms with E-state index in [1.54, 1.807) is 19.9 Å². The van der Waals surface area contributed by atoms with Gasteiger partial charge in [0.25, 0.3) is 5.91 Å². The maximum Gasteiger partial charge on any atom is 0.264 e. The van der Waals surface area contributed by atoms with Crippen LogP contribution in [0.25, 0.3) is 0 Å². The molecule has 1 saturated carbocycles. The zero-order valence-electron chi connectivity index (χ0n) is 34.1. The summed E-state index contributed by atoms with van der Waals surface area (Å²) in [6.07, 6.45) is 7.37. The van der Waals surface area contributed by atoms with Gasteiger partial charge in [0.2, 0.25) is 10.0 Å². The highest BCUT2D eigenvalue weighted by molar-refractivity contribution is 7.90. The zero-order valence-corrected chi connectivity index (χ0v) is 35.6. The lowest BCUT2D eigenvalue weighted by atomic mass is 9.62. The summed E-state index contributed by atoms with van der Waals surface area (Å²) in [4.78, 5) is 35.3. The van der Waals surface area contributed by atoms with Gasteiger partial charge in [0.1, 0.15) is 11.5 Å². The number of ketones is 1. The minimum Gasteiger partial charge on any atom is -0.490 e. The lowest BCUT2D eigenvalue weighted by Crippen LogP contribution is -2.64. The predicted molar refractivity (Wildman–Crippen MR) is 224 cm³/mol. The third-order valence-corrected chi connectivity index (χ3v) is 16.9. The number of Topliss-reactive ketones (excluding diaryl/α,β-unsaturated/α-hetero) is 1. The van der Waals surface area contributed by atoms with E-state index in [1.165, 1.54) is 11.1 Å². The highest BCUT2D eigenvalue weighted by Crippen LogP contribution is 2.49. The number of rotatable bonds is 5. The molecule has 0 aromatic heterocycles. The van der Waals surface area contributed by atoms with Gasteiger partial charge in [-0.05, 0) is 118 Å². The molecule has 8 rings (SSSR count). The SMILES string of the molecule is CC(=O)CCN1CCN2CCN(C[C@]3(O)CCC[C@H](C)[C@@H](C)S(=O)(=O)NC(=O)c4ccc5c(c4)N(C[C@@H]4CC[C@H]43)C[C@@]3(CCCc4cc(Cl)ccc43)CO5)CC2C1. The molecule has 312 valence electrons. The van der Waals surface area contributed by atoms with Crippen molar-refractivity contribution in [1.82, 2.24) is 19.4 Å². The van der Waals surface area contributed by atoms with Gasteiger partial charge in [0, 0.05) is 93.9 Å². The highest BCUT2D eigenvalue weighted by Gasteiger charge is 2.50. The summed E-state index contributed by atoms with van der Waals surface area (Å²) in [7, 11) is -3.97. The van der Waals surface area contributed by atoms with Crippen LogP contribution in [0, 0.1) is 17.8 Å². The molecule has 13 heteroatoms. The Morgan fingerprint density at radius 3 is 2.54 bits per heavy atom. The number of β-amino-alcohol motifs (C(OH)–C–C–N with tert-alkyl or cyclic N) is 1. The van der Waals surface area contributed by atoms with Crippen LogP contribution in [-0.4, -0.2) is 129 Å². The number of nitrogens with one attached hydrogen (secondary N) is 1. The second-order valence-electron chi connectivity index (χ2n) is 18.6. The Hall–Kier alpha value is -2.74. The van der Waals surface area contributed by atoms with Crippen molar-refractivity contribution in [2.75, 3.05) is 77.0 Å². The van der Waals surface area contributed by atoms with Gasteiger partial charge in [-0.2, -0.15) is 0 Å². The van der Waals surface area contributed by atoms with Crippen LogP contribution < -0.4 is 14.4 Å². The zero-order chi connectivity index (χ0) is 40.1. The first kappa shape index (κ1) is 41.0. The molecule has 0 radical (unpaired) electrons. The van der Waals surface area contributed by atoms with Gasteiger partial charge < -0.3 is 19.6 Å². The third kappa shape index (κ3) is 8.51. The lowest BCUT2D eigenvalue weighted by molar-refractivity contribution is -0.119. The number of nitrogens with zero attached hydrogens (tertiary/aromatic N) is 4. The van der Waals surface area contributed by atoms with Crippen molar-refractivity contribution in [3.05, 3.63) is 58.1 Å². The number of ether oxygens (including phenoxy) is 1. The average Bonchev–Trinajstić information content (AvgIpc) is 3.31. The van der Waals surface area contributed by atoms with Gasteiger partial charge in [0.05, 0.1) is 23.1 Å². The monoisotopic (exact) mass is 823 g/mol. The number of sulfonamides is 1. The number of carbonyl (C=O) groups is 2. The van der Waals surface area contributed by atoms with Gasteiger partial charge in [-0.25, -0.2) is 13.1 Å². The molecule has 2 saturated heterocycles. The van der Waals surface area contributed by atoms with Gasteiger partial charge in [0.15, 0.2) is 0 Å². The van der Waals surface area contributed by atoms with Crippen LogP contribution in [-0.2, 0) is 26.7 Å². The van der Waals surface area contributed by atoms with E-state index >= 15 is 0 Å². The molecule has 6 aliphatic rings. The van der Waals surface area contributed by atoms with E-state index in [0.29, 0.717) is 63.7 Å². The van der Waals surface area contributed by atoms with Crippen molar-refractivity contribution in [2.45, 2.75) is 101 Å². The van der Waals surface area contributed by atoms with Crippen LogP contribution in [0.4, 0.5) is 5.69 Å². The van der Waals surface area contributed by atoms with Crippen LogP contribution in [0.2, 0.25) is 5.02 Å². The Morgan fingerprint density at radius 2 is 1.77 bits per heavy atom. The number of piperazine rings is 2. The average molecular weight is 825 g/mol.